The Morgan fingerprint density at radius 3 is 2.96 bits per heavy atom. The van der Waals surface area contributed by atoms with Gasteiger partial charge in [-0.15, -0.1) is 0 Å². The van der Waals surface area contributed by atoms with Crippen LogP contribution in [-0.2, 0) is 4.74 Å². The third-order valence-corrected chi connectivity index (χ3v) is 3.86. The number of hydrogen-bond donors (Lipinski definition) is 2. The molecule has 1 amide bonds. The molecule has 3 N–H and O–H groups in total. The van der Waals surface area contributed by atoms with Gasteiger partial charge in [0.2, 0.25) is 0 Å². The summed E-state index contributed by atoms with van der Waals surface area (Å²) in [4.78, 5) is 16.0. The molecule has 2 heterocycles. The predicted molar refractivity (Wildman–Crippen MR) is 94.1 cm³/mol. The van der Waals surface area contributed by atoms with Gasteiger partial charge in [-0.1, -0.05) is 0 Å². The highest BCUT2D eigenvalue weighted by Crippen LogP contribution is 2.31. The molecular formula is C18H23N3O4. The van der Waals surface area contributed by atoms with Crippen LogP contribution < -0.4 is 20.5 Å². The van der Waals surface area contributed by atoms with Crippen molar-refractivity contribution in [1.29, 1.82) is 0 Å². The van der Waals surface area contributed by atoms with Crippen LogP contribution in [0.25, 0.3) is 10.9 Å². The van der Waals surface area contributed by atoms with Crippen molar-refractivity contribution in [3.05, 3.63) is 30.0 Å². The molecule has 25 heavy (non-hydrogen) atoms. The molecule has 0 spiro atoms. The minimum atomic E-state index is -0.549. The number of morpholine rings is 1. The first-order valence-corrected chi connectivity index (χ1v) is 8.39. The van der Waals surface area contributed by atoms with Crippen LogP contribution in [0, 0.1) is 0 Å². The standard InChI is InChI=1S/C18H23N3O4/c1-11(2)25-17-8-13-15(7-14(17)18(19)22)21-4-3-16(13)24-10-12-9-20-5-6-23-12/h3-4,7-8,11-12,20H,5-6,9-10H2,1-2H3,(H2,19,22)/t12-/m0/s1. The maximum Gasteiger partial charge on any atom is 0.252 e. The van der Waals surface area contributed by atoms with Crippen molar-refractivity contribution >= 4 is 16.8 Å². The molecule has 1 saturated heterocycles. The molecule has 0 aliphatic carbocycles. The summed E-state index contributed by atoms with van der Waals surface area (Å²) in [7, 11) is 0. The summed E-state index contributed by atoms with van der Waals surface area (Å²) < 4.78 is 17.3. The van der Waals surface area contributed by atoms with Crippen molar-refractivity contribution in [2.45, 2.75) is 26.1 Å². The summed E-state index contributed by atoms with van der Waals surface area (Å²) in [6.07, 6.45) is 1.57. The van der Waals surface area contributed by atoms with Crippen LogP contribution in [0.2, 0.25) is 0 Å². The number of nitrogens with one attached hydrogen (secondary N) is 1. The van der Waals surface area contributed by atoms with Crippen LogP contribution >= 0.6 is 0 Å². The maximum atomic E-state index is 11.7. The summed E-state index contributed by atoms with van der Waals surface area (Å²) in [6.45, 7) is 6.52. The molecule has 1 aromatic heterocycles. The average Bonchev–Trinajstić information content (AvgIpc) is 2.59. The fourth-order valence-corrected chi connectivity index (χ4v) is 2.73. The first-order valence-electron chi connectivity index (χ1n) is 8.39. The van der Waals surface area contributed by atoms with Gasteiger partial charge < -0.3 is 25.3 Å². The van der Waals surface area contributed by atoms with Gasteiger partial charge in [-0.05, 0) is 32.0 Å². The van der Waals surface area contributed by atoms with Gasteiger partial charge in [-0.3, -0.25) is 9.78 Å². The van der Waals surface area contributed by atoms with Gasteiger partial charge in [0.25, 0.3) is 5.91 Å². The van der Waals surface area contributed by atoms with E-state index in [0.29, 0.717) is 35.8 Å². The van der Waals surface area contributed by atoms with E-state index in [1.807, 2.05) is 13.8 Å². The number of aromatic nitrogens is 1. The van der Waals surface area contributed by atoms with Gasteiger partial charge in [0, 0.05) is 24.7 Å². The Kier molecular flexibility index (Phi) is 5.35. The third-order valence-electron chi connectivity index (χ3n) is 3.86. The van der Waals surface area contributed by atoms with Crippen molar-refractivity contribution in [2.24, 2.45) is 5.73 Å². The van der Waals surface area contributed by atoms with Gasteiger partial charge in [0.1, 0.15) is 24.2 Å². The van der Waals surface area contributed by atoms with E-state index in [1.54, 1.807) is 24.4 Å². The van der Waals surface area contributed by atoms with Crippen molar-refractivity contribution < 1.29 is 19.0 Å². The molecule has 1 atom stereocenters. The number of fused-ring (bicyclic) bond motifs is 1. The van der Waals surface area contributed by atoms with E-state index in [-0.39, 0.29) is 12.2 Å². The molecule has 3 rings (SSSR count). The molecule has 7 heteroatoms. The fraction of sp³-hybridized carbons (Fsp3) is 0.444. The second kappa shape index (κ2) is 7.67. The Hall–Kier alpha value is -2.38. The lowest BCUT2D eigenvalue weighted by Gasteiger charge is -2.24. The predicted octanol–water partition coefficient (Wildman–Crippen LogP) is 1.49. The second-order valence-electron chi connectivity index (χ2n) is 6.21. The van der Waals surface area contributed by atoms with Crippen molar-refractivity contribution in [2.75, 3.05) is 26.3 Å². The smallest absolute Gasteiger partial charge is 0.252 e. The number of hydrogen-bond acceptors (Lipinski definition) is 6. The minimum absolute atomic E-state index is 0.00763. The zero-order chi connectivity index (χ0) is 17.8. The molecule has 1 aliphatic heterocycles. The van der Waals surface area contributed by atoms with Crippen molar-refractivity contribution in [1.82, 2.24) is 10.3 Å². The van der Waals surface area contributed by atoms with E-state index in [9.17, 15) is 4.79 Å². The van der Waals surface area contributed by atoms with Crippen LogP contribution in [0.5, 0.6) is 11.5 Å². The Morgan fingerprint density at radius 1 is 1.44 bits per heavy atom. The van der Waals surface area contributed by atoms with E-state index in [4.69, 9.17) is 19.9 Å². The SMILES string of the molecule is CC(C)Oc1cc2c(OC[C@@H]3CNCCO3)ccnc2cc1C(N)=O. The average molecular weight is 345 g/mol. The van der Waals surface area contributed by atoms with E-state index in [0.717, 1.165) is 18.5 Å². The largest absolute Gasteiger partial charge is 0.490 e. The highest BCUT2D eigenvalue weighted by molar-refractivity contribution is 6.01. The number of nitrogens with zero attached hydrogens (tertiary/aromatic N) is 1. The normalized spacial score (nSPS) is 17.6. The first kappa shape index (κ1) is 17.4. The van der Waals surface area contributed by atoms with Crippen LogP contribution in [0.15, 0.2) is 24.4 Å². The summed E-state index contributed by atoms with van der Waals surface area (Å²) in [5, 5.41) is 4.04. The minimum Gasteiger partial charge on any atom is -0.490 e. The number of benzene rings is 1. The fourth-order valence-electron chi connectivity index (χ4n) is 2.73. The molecule has 0 bridgehead atoms. The number of primary amides is 1. The Balaban J connectivity index is 1.91. The van der Waals surface area contributed by atoms with Crippen LogP contribution in [0.1, 0.15) is 24.2 Å². The molecule has 134 valence electrons. The Bertz CT molecular complexity index is 757. The highest BCUT2D eigenvalue weighted by atomic mass is 16.5. The van der Waals surface area contributed by atoms with E-state index >= 15 is 0 Å². The molecule has 2 aromatic rings. The molecule has 1 fully saturated rings. The number of pyridine rings is 1. The van der Waals surface area contributed by atoms with Crippen LogP contribution in [0.4, 0.5) is 0 Å². The number of amides is 1. The summed E-state index contributed by atoms with van der Waals surface area (Å²) >= 11 is 0. The Morgan fingerprint density at radius 2 is 2.28 bits per heavy atom. The van der Waals surface area contributed by atoms with E-state index in [2.05, 4.69) is 10.3 Å². The zero-order valence-electron chi connectivity index (χ0n) is 14.5. The lowest BCUT2D eigenvalue weighted by molar-refractivity contribution is 0.000500. The summed E-state index contributed by atoms with van der Waals surface area (Å²) in [5.74, 6) is 0.555. The van der Waals surface area contributed by atoms with Crippen LogP contribution in [0.3, 0.4) is 0 Å². The van der Waals surface area contributed by atoms with Gasteiger partial charge in [0.05, 0.1) is 23.8 Å². The molecule has 7 nitrogen and oxygen atoms in total. The number of carbonyl (C=O) groups is 1. The monoisotopic (exact) mass is 345 g/mol. The maximum absolute atomic E-state index is 11.7. The topological polar surface area (TPSA) is 95.7 Å². The lowest BCUT2D eigenvalue weighted by atomic mass is 10.1. The summed E-state index contributed by atoms with van der Waals surface area (Å²) in [6, 6.07) is 5.19. The summed E-state index contributed by atoms with van der Waals surface area (Å²) in [5.41, 5.74) is 6.41. The van der Waals surface area contributed by atoms with E-state index < -0.39 is 5.91 Å². The number of ether oxygens (including phenoxy) is 3. The van der Waals surface area contributed by atoms with Crippen LogP contribution in [-0.4, -0.2) is 49.4 Å². The first-order chi connectivity index (χ1) is 12.0. The number of nitrogens with two attached hydrogens (primary N) is 1. The Labute approximate surface area is 146 Å². The van der Waals surface area contributed by atoms with Crippen molar-refractivity contribution in [3.8, 4) is 11.5 Å². The molecule has 1 aromatic carbocycles. The van der Waals surface area contributed by atoms with Gasteiger partial charge in [-0.2, -0.15) is 0 Å². The number of carbonyl (C=O) groups excluding carboxylic acids is 1. The molecule has 1 aliphatic rings. The quantitative estimate of drug-likeness (QED) is 0.823. The molecule has 0 radical (unpaired) electrons. The third kappa shape index (κ3) is 4.18. The zero-order valence-corrected chi connectivity index (χ0v) is 14.5. The lowest BCUT2D eigenvalue weighted by Crippen LogP contribution is -2.41. The molecule has 0 unspecified atom stereocenters. The van der Waals surface area contributed by atoms with Gasteiger partial charge >= 0.3 is 0 Å². The number of rotatable bonds is 6. The molecule has 0 saturated carbocycles. The molecular weight excluding hydrogens is 322 g/mol. The van der Waals surface area contributed by atoms with E-state index in [1.165, 1.54) is 0 Å². The van der Waals surface area contributed by atoms with Gasteiger partial charge in [-0.25, -0.2) is 0 Å². The van der Waals surface area contributed by atoms with Gasteiger partial charge in [0.15, 0.2) is 0 Å². The highest BCUT2D eigenvalue weighted by Gasteiger charge is 2.17. The van der Waals surface area contributed by atoms with Crippen molar-refractivity contribution in [3.63, 3.8) is 0 Å². The second-order valence-corrected chi connectivity index (χ2v) is 6.21.